The van der Waals surface area contributed by atoms with Crippen molar-refractivity contribution in [3.05, 3.63) is 60.2 Å². The lowest BCUT2D eigenvalue weighted by molar-refractivity contribution is -0.117. The van der Waals surface area contributed by atoms with E-state index in [1.54, 1.807) is 7.11 Å². The van der Waals surface area contributed by atoms with Crippen LogP contribution in [0.2, 0.25) is 0 Å². The van der Waals surface area contributed by atoms with E-state index in [2.05, 4.69) is 10.2 Å². The molecule has 1 amide bonds. The molecule has 0 aliphatic heterocycles. The van der Waals surface area contributed by atoms with Crippen LogP contribution in [0.1, 0.15) is 10.8 Å². The third-order valence-corrected chi connectivity index (χ3v) is 4.43. The first-order valence-electron chi connectivity index (χ1n) is 7.16. The number of carbonyl (C=O) groups is 1. The number of nitrogens with two attached hydrogens (primary N) is 1. The highest BCUT2D eigenvalue weighted by Gasteiger charge is 2.22. The molecule has 0 saturated heterocycles. The van der Waals surface area contributed by atoms with Crippen LogP contribution in [0.3, 0.4) is 0 Å². The molecule has 0 fully saturated rings. The molecule has 24 heavy (non-hydrogen) atoms. The fourth-order valence-corrected chi connectivity index (χ4v) is 2.95. The van der Waals surface area contributed by atoms with Gasteiger partial charge in [-0.3, -0.25) is 4.79 Å². The van der Waals surface area contributed by atoms with Gasteiger partial charge < -0.3 is 14.9 Å². The van der Waals surface area contributed by atoms with E-state index in [1.165, 1.54) is 0 Å². The van der Waals surface area contributed by atoms with Gasteiger partial charge in [0.2, 0.25) is 11.8 Å². The van der Waals surface area contributed by atoms with Gasteiger partial charge in [0, 0.05) is 5.56 Å². The first-order valence-corrected chi connectivity index (χ1v) is 8.04. The van der Waals surface area contributed by atoms with Gasteiger partial charge in [-0.05, 0) is 41.6 Å². The van der Waals surface area contributed by atoms with Gasteiger partial charge in [-0.2, -0.15) is 0 Å². The summed E-state index contributed by atoms with van der Waals surface area (Å²) in [5.74, 6) is 0.651. The zero-order chi connectivity index (χ0) is 16.9. The third-order valence-electron chi connectivity index (χ3n) is 3.32. The van der Waals surface area contributed by atoms with Crippen molar-refractivity contribution in [2.75, 3.05) is 7.11 Å². The molecule has 0 bridgehead atoms. The fourth-order valence-electron chi connectivity index (χ4n) is 2.13. The van der Waals surface area contributed by atoms with Crippen molar-refractivity contribution in [1.29, 1.82) is 0 Å². The van der Waals surface area contributed by atoms with Gasteiger partial charge in [-0.1, -0.05) is 30.3 Å². The Bertz CT molecular complexity index is 819. The number of carbonyl (C=O) groups excluding carboxylic acids is 1. The van der Waals surface area contributed by atoms with Crippen molar-refractivity contribution in [2.45, 2.75) is 10.5 Å². The highest BCUT2D eigenvalue weighted by Crippen LogP contribution is 2.35. The molecule has 0 saturated carbocycles. The van der Waals surface area contributed by atoms with E-state index < -0.39 is 11.2 Å². The summed E-state index contributed by atoms with van der Waals surface area (Å²) in [6.07, 6.45) is 0. The highest BCUT2D eigenvalue weighted by molar-refractivity contribution is 8.00. The standard InChI is InChI=1S/C17H15N3O3S/c1-22-13-9-7-12(8-10-13)16-19-20-17(23-16)24-14(15(18)21)11-5-3-2-4-6-11/h2-10,14H,1H3,(H2,18,21). The highest BCUT2D eigenvalue weighted by atomic mass is 32.2. The second-order valence-electron chi connectivity index (χ2n) is 4.91. The van der Waals surface area contributed by atoms with Gasteiger partial charge in [0.1, 0.15) is 11.0 Å². The van der Waals surface area contributed by atoms with Crippen LogP contribution in [0, 0.1) is 0 Å². The number of aromatic nitrogens is 2. The summed E-state index contributed by atoms with van der Waals surface area (Å²) in [7, 11) is 1.60. The third kappa shape index (κ3) is 3.57. The SMILES string of the molecule is COc1ccc(-c2nnc(SC(C(N)=O)c3ccccc3)o2)cc1. The number of primary amides is 1. The summed E-state index contributed by atoms with van der Waals surface area (Å²) in [4.78, 5) is 11.7. The first-order chi connectivity index (χ1) is 11.7. The first kappa shape index (κ1) is 16.1. The van der Waals surface area contributed by atoms with Crippen LogP contribution in [-0.4, -0.2) is 23.2 Å². The van der Waals surface area contributed by atoms with Crippen LogP contribution >= 0.6 is 11.8 Å². The van der Waals surface area contributed by atoms with Gasteiger partial charge >= 0.3 is 0 Å². The molecule has 1 aromatic heterocycles. The monoisotopic (exact) mass is 341 g/mol. The van der Waals surface area contributed by atoms with Crippen LogP contribution in [0.15, 0.2) is 64.2 Å². The molecule has 0 aliphatic rings. The number of hydrogen-bond acceptors (Lipinski definition) is 6. The zero-order valence-electron chi connectivity index (χ0n) is 12.9. The number of methoxy groups -OCH3 is 1. The van der Waals surface area contributed by atoms with Crippen molar-refractivity contribution in [1.82, 2.24) is 10.2 Å². The van der Waals surface area contributed by atoms with Gasteiger partial charge in [0.15, 0.2) is 0 Å². The average molecular weight is 341 g/mol. The number of amides is 1. The Morgan fingerprint density at radius 3 is 2.46 bits per heavy atom. The van der Waals surface area contributed by atoms with Crippen molar-refractivity contribution >= 4 is 17.7 Å². The predicted octanol–water partition coefficient (Wildman–Crippen LogP) is 3.06. The topological polar surface area (TPSA) is 91.2 Å². The van der Waals surface area contributed by atoms with Crippen LogP contribution in [0.5, 0.6) is 5.75 Å². The fraction of sp³-hybridized carbons (Fsp3) is 0.118. The van der Waals surface area contributed by atoms with Gasteiger partial charge in [0.25, 0.3) is 5.22 Å². The lowest BCUT2D eigenvalue weighted by atomic mass is 10.1. The molecule has 0 spiro atoms. The molecule has 122 valence electrons. The Balaban J connectivity index is 1.80. The molecule has 0 aliphatic carbocycles. The Kier molecular flexibility index (Phi) is 4.81. The molecule has 7 heteroatoms. The van der Waals surface area contributed by atoms with Crippen LogP contribution in [0.25, 0.3) is 11.5 Å². The average Bonchev–Trinajstić information content (AvgIpc) is 3.09. The Morgan fingerprint density at radius 1 is 1.12 bits per heavy atom. The Labute approximate surface area is 143 Å². The van der Waals surface area contributed by atoms with E-state index in [1.807, 2.05) is 54.6 Å². The molecule has 2 N–H and O–H groups in total. The van der Waals surface area contributed by atoms with E-state index in [-0.39, 0.29) is 5.22 Å². The van der Waals surface area contributed by atoms with E-state index in [0.717, 1.165) is 28.6 Å². The van der Waals surface area contributed by atoms with Crippen molar-refractivity contribution < 1.29 is 13.9 Å². The molecule has 1 heterocycles. The second kappa shape index (κ2) is 7.18. The maximum atomic E-state index is 11.7. The lowest BCUT2D eigenvalue weighted by Crippen LogP contribution is -2.18. The number of rotatable bonds is 6. The molecule has 2 aromatic carbocycles. The Morgan fingerprint density at radius 2 is 1.83 bits per heavy atom. The van der Waals surface area contributed by atoms with Crippen molar-refractivity contribution in [3.63, 3.8) is 0 Å². The summed E-state index contributed by atoms with van der Waals surface area (Å²) >= 11 is 1.13. The molecule has 3 aromatic rings. The van der Waals surface area contributed by atoms with E-state index in [0.29, 0.717) is 5.89 Å². The van der Waals surface area contributed by atoms with E-state index >= 15 is 0 Å². The summed E-state index contributed by atoms with van der Waals surface area (Å²) in [5, 5.41) is 7.71. The number of hydrogen-bond donors (Lipinski definition) is 1. The van der Waals surface area contributed by atoms with E-state index in [4.69, 9.17) is 14.9 Å². The summed E-state index contributed by atoms with van der Waals surface area (Å²) in [6.45, 7) is 0. The summed E-state index contributed by atoms with van der Waals surface area (Å²) in [6, 6.07) is 16.5. The molecule has 1 atom stereocenters. The largest absolute Gasteiger partial charge is 0.497 e. The number of ether oxygens (including phenoxy) is 1. The maximum absolute atomic E-state index is 11.7. The minimum atomic E-state index is -0.588. The molecule has 1 unspecified atom stereocenters. The summed E-state index contributed by atoms with van der Waals surface area (Å²) in [5.41, 5.74) is 7.06. The smallest absolute Gasteiger partial charge is 0.277 e. The van der Waals surface area contributed by atoms with Crippen LogP contribution < -0.4 is 10.5 Å². The Hall–Kier alpha value is -2.80. The van der Waals surface area contributed by atoms with Gasteiger partial charge in [-0.15, -0.1) is 10.2 Å². The van der Waals surface area contributed by atoms with Crippen molar-refractivity contribution in [3.8, 4) is 17.2 Å². The molecular formula is C17H15N3O3S. The second-order valence-corrected chi connectivity index (χ2v) is 5.97. The van der Waals surface area contributed by atoms with Crippen LogP contribution in [-0.2, 0) is 4.79 Å². The number of nitrogens with zero attached hydrogens (tertiary/aromatic N) is 2. The van der Waals surface area contributed by atoms with E-state index in [9.17, 15) is 4.79 Å². The number of benzene rings is 2. The summed E-state index contributed by atoms with van der Waals surface area (Å²) < 4.78 is 10.8. The lowest BCUT2D eigenvalue weighted by Gasteiger charge is -2.10. The maximum Gasteiger partial charge on any atom is 0.277 e. The molecule has 6 nitrogen and oxygen atoms in total. The quantitative estimate of drug-likeness (QED) is 0.693. The normalized spacial score (nSPS) is 11.9. The number of thioether (sulfide) groups is 1. The molecular weight excluding hydrogens is 326 g/mol. The predicted molar refractivity (Wildman–Crippen MR) is 90.5 cm³/mol. The van der Waals surface area contributed by atoms with Crippen LogP contribution in [0.4, 0.5) is 0 Å². The minimum Gasteiger partial charge on any atom is -0.497 e. The zero-order valence-corrected chi connectivity index (χ0v) is 13.7. The van der Waals surface area contributed by atoms with Crippen molar-refractivity contribution in [2.24, 2.45) is 5.73 Å². The molecule has 3 rings (SSSR count). The van der Waals surface area contributed by atoms with Gasteiger partial charge in [0.05, 0.1) is 7.11 Å². The molecule has 0 radical (unpaired) electrons. The van der Waals surface area contributed by atoms with Gasteiger partial charge in [-0.25, -0.2) is 0 Å². The minimum absolute atomic E-state index is 0.286.